The summed E-state index contributed by atoms with van der Waals surface area (Å²) in [5, 5.41) is 21.2. The van der Waals surface area contributed by atoms with E-state index in [4.69, 9.17) is 0 Å². The molecule has 0 saturated carbocycles. The zero-order chi connectivity index (χ0) is 13.1. The molecular weight excluding hydrogens is 316 g/mol. The Hall–Kier alpha value is -1.10. The Bertz CT molecular complexity index is 541. The Morgan fingerprint density at radius 3 is 1.50 bits per heavy atom. The van der Waals surface area contributed by atoms with Gasteiger partial charge in [0.1, 0.15) is 0 Å². The number of rotatable bonds is 5. The second-order valence-corrected chi connectivity index (χ2v) is 7.72. The molecule has 0 N–H and O–H groups in total. The molecule has 0 atom stereocenters. The van der Waals surface area contributed by atoms with Crippen LogP contribution in [0, 0.1) is 20.2 Å². The molecule has 0 aliphatic heterocycles. The van der Waals surface area contributed by atoms with Crippen LogP contribution in [0.1, 0.15) is 0 Å². The van der Waals surface area contributed by atoms with Gasteiger partial charge < -0.3 is 0 Å². The summed E-state index contributed by atoms with van der Waals surface area (Å²) >= 11 is 2.17. The van der Waals surface area contributed by atoms with Gasteiger partial charge in [0.2, 0.25) is 0 Å². The molecule has 0 radical (unpaired) electrons. The van der Waals surface area contributed by atoms with Gasteiger partial charge >= 0.3 is 10.0 Å². The monoisotopic (exact) mass is 320 g/mol. The Kier molecular flexibility index (Phi) is 4.22. The van der Waals surface area contributed by atoms with Crippen LogP contribution in [0.3, 0.4) is 0 Å². The van der Waals surface area contributed by atoms with Crippen molar-refractivity contribution < 1.29 is 9.85 Å². The van der Waals surface area contributed by atoms with Gasteiger partial charge in [-0.2, -0.15) is 0 Å². The van der Waals surface area contributed by atoms with Crippen molar-refractivity contribution in [2.75, 3.05) is 0 Å². The number of nitro groups is 2. The van der Waals surface area contributed by atoms with Crippen LogP contribution < -0.4 is 0 Å². The normalized spacial score (nSPS) is 10.4. The minimum Gasteiger partial charge on any atom is -0.258 e. The Labute approximate surface area is 117 Å². The Morgan fingerprint density at radius 1 is 0.833 bits per heavy atom. The molecule has 2 aromatic heterocycles. The maximum atomic E-state index is 10.5. The summed E-state index contributed by atoms with van der Waals surface area (Å²) in [5.41, 5.74) is 0. The predicted octanol–water partition coefficient (Wildman–Crippen LogP) is 4.43. The van der Waals surface area contributed by atoms with Gasteiger partial charge in [-0.15, -0.1) is 0 Å². The lowest BCUT2D eigenvalue weighted by Gasteiger charge is -1.91. The molecule has 2 heterocycles. The summed E-state index contributed by atoms with van der Waals surface area (Å²) in [6.07, 6.45) is 0. The molecule has 10 heteroatoms. The van der Waals surface area contributed by atoms with Crippen LogP contribution in [0.2, 0.25) is 0 Å². The van der Waals surface area contributed by atoms with E-state index in [1.54, 1.807) is 12.1 Å². The topological polar surface area (TPSA) is 86.3 Å². The first-order valence-corrected chi connectivity index (χ1v) is 8.17. The Balaban J connectivity index is 1.97. The maximum Gasteiger partial charge on any atom is 0.325 e. The van der Waals surface area contributed by atoms with E-state index >= 15 is 0 Å². The van der Waals surface area contributed by atoms with Gasteiger partial charge in [-0.3, -0.25) is 20.2 Å². The maximum absolute atomic E-state index is 10.5. The first-order valence-electron chi connectivity index (χ1n) is 4.39. The van der Waals surface area contributed by atoms with Gasteiger partial charge in [-0.05, 0) is 33.7 Å². The number of nitrogens with zero attached hydrogens (tertiary/aromatic N) is 2. The third-order valence-electron chi connectivity index (χ3n) is 1.70. The minimum atomic E-state index is -0.435. The number of thiophene rings is 2. The third-order valence-corrected chi connectivity index (χ3v) is 7.01. The summed E-state index contributed by atoms with van der Waals surface area (Å²) in [7, 11) is 2.71. The van der Waals surface area contributed by atoms with Crippen molar-refractivity contribution in [1.82, 2.24) is 0 Å². The molecular formula is C8H4N2O4S4. The summed E-state index contributed by atoms with van der Waals surface area (Å²) in [6, 6.07) is 6.24. The van der Waals surface area contributed by atoms with Crippen molar-refractivity contribution in [3.63, 3.8) is 0 Å². The van der Waals surface area contributed by atoms with Crippen LogP contribution in [0.25, 0.3) is 0 Å². The fourth-order valence-corrected chi connectivity index (χ4v) is 5.34. The summed E-state index contributed by atoms with van der Waals surface area (Å²) in [4.78, 5) is 20.1. The highest BCUT2D eigenvalue weighted by molar-refractivity contribution is 8.77. The van der Waals surface area contributed by atoms with E-state index in [-0.39, 0.29) is 10.0 Å². The fraction of sp³-hybridized carbons (Fsp3) is 0. The van der Waals surface area contributed by atoms with E-state index in [1.165, 1.54) is 33.7 Å². The van der Waals surface area contributed by atoms with Crippen molar-refractivity contribution in [3.8, 4) is 0 Å². The highest BCUT2D eigenvalue weighted by Crippen LogP contribution is 2.45. The largest absolute Gasteiger partial charge is 0.325 e. The molecule has 2 rings (SSSR count). The molecule has 94 valence electrons. The Morgan fingerprint density at radius 2 is 1.22 bits per heavy atom. The fourth-order valence-electron chi connectivity index (χ4n) is 0.989. The van der Waals surface area contributed by atoms with Crippen LogP contribution in [-0.4, -0.2) is 9.85 Å². The lowest BCUT2D eigenvalue weighted by molar-refractivity contribution is -0.380. The van der Waals surface area contributed by atoms with Gasteiger partial charge in [0.05, 0.1) is 18.3 Å². The molecule has 0 saturated heterocycles. The molecule has 0 aliphatic carbocycles. The molecule has 0 bridgehead atoms. The van der Waals surface area contributed by atoms with E-state index in [0.717, 1.165) is 31.1 Å². The van der Waals surface area contributed by atoms with Crippen molar-refractivity contribution in [3.05, 3.63) is 44.5 Å². The zero-order valence-corrected chi connectivity index (χ0v) is 11.7. The summed E-state index contributed by atoms with van der Waals surface area (Å²) in [5.74, 6) is 0. The predicted molar refractivity (Wildman–Crippen MR) is 73.7 cm³/mol. The van der Waals surface area contributed by atoms with E-state index < -0.39 is 9.85 Å². The lowest BCUT2D eigenvalue weighted by atomic mass is 10.6. The van der Waals surface area contributed by atoms with Gasteiger partial charge in [-0.25, -0.2) is 0 Å². The highest BCUT2D eigenvalue weighted by Gasteiger charge is 2.13. The molecule has 2 aromatic rings. The zero-order valence-electron chi connectivity index (χ0n) is 8.47. The summed E-state index contributed by atoms with van der Waals surface area (Å²) < 4.78 is 1.59. The first kappa shape index (κ1) is 13.3. The minimum absolute atomic E-state index is 0.0928. The summed E-state index contributed by atoms with van der Waals surface area (Å²) in [6.45, 7) is 0. The average Bonchev–Trinajstić information content (AvgIpc) is 2.95. The van der Waals surface area contributed by atoms with Crippen LogP contribution in [0.15, 0.2) is 32.7 Å². The first-order chi connectivity index (χ1) is 8.56. The molecule has 0 amide bonds. The van der Waals surface area contributed by atoms with Crippen molar-refractivity contribution in [1.29, 1.82) is 0 Å². The lowest BCUT2D eigenvalue weighted by Crippen LogP contribution is -1.80. The van der Waals surface area contributed by atoms with Gasteiger partial charge in [0.15, 0.2) is 0 Å². The second kappa shape index (κ2) is 5.69. The quantitative estimate of drug-likeness (QED) is 0.460. The van der Waals surface area contributed by atoms with Crippen LogP contribution in [0.5, 0.6) is 0 Å². The van der Waals surface area contributed by atoms with Crippen LogP contribution in [-0.2, 0) is 0 Å². The van der Waals surface area contributed by atoms with Gasteiger partial charge in [-0.1, -0.05) is 22.7 Å². The van der Waals surface area contributed by atoms with E-state index in [2.05, 4.69) is 0 Å². The van der Waals surface area contributed by atoms with Gasteiger partial charge in [0.25, 0.3) is 0 Å². The molecule has 0 unspecified atom stereocenters. The standard InChI is InChI=1S/C8H4N2O4S4/c11-9(12)5-1-3-7(15-5)17-18-8-4-2-6(16-8)10(13)14/h1-4H. The van der Waals surface area contributed by atoms with Crippen molar-refractivity contribution >= 4 is 54.3 Å². The SMILES string of the molecule is O=[N+]([O-])c1ccc(SSc2ccc([N+](=O)[O-])s2)s1. The smallest absolute Gasteiger partial charge is 0.258 e. The number of hydrogen-bond acceptors (Lipinski definition) is 8. The molecule has 0 aliphatic rings. The highest BCUT2D eigenvalue weighted by atomic mass is 33.1. The van der Waals surface area contributed by atoms with E-state index in [1.807, 2.05) is 0 Å². The number of hydrogen-bond donors (Lipinski definition) is 0. The van der Waals surface area contributed by atoms with E-state index in [0.29, 0.717) is 0 Å². The van der Waals surface area contributed by atoms with E-state index in [9.17, 15) is 20.2 Å². The van der Waals surface area contributed by atoms with Gasteiger partial charge in [0, 0.05) is 12.1 Å². The molecule has 6 nitrogen and oxygen atoms in total. The molecule has 18 heavy (non-hydrogen) atoms. The van der Waals surface area contributed by atoms with Crippen LogP contribution >= 0.6 is 44.3 Å². The van der Waals surface area contributed by atoms with Crippen molar-refractivity contribution in [2.45, 2.75) is 8.42 Å². The second-order valence-electron chi connectivity index (χ2n) is 2.87. The third kappa shape index (κ3) is 3.22. The van der Waals surface area contributed by atoms with Crippen LogP contribution in [0.4, 0.5) is 10.0 Å². The van der Waals surface area contributed by atoms with Crippen molar-refractivity contribution in [2.24, 2.45) is 0 Å². The molecule has 0 spiro atoms. The average molecular weight is 320 g/mol. The molecule has 0 aromatic carbocycles. The molecule has 0 fully saturated rings.